The third-order valence-corrected chi connectivity index (χ3v) is 6.23. The zero-order chi connectivity index (χ0) is 21.1. The summed E-state index contributed by atoms with van der Waals surface area (Å²) in [6, 6.07) is 13.7. The Morgan fingerprint density at radius 2 is 1.43 bits per heavy atom. The van der Waals surface area contributed by atoms with Crippen molar-refractivity contribution in [1.82, 2.24) is 0 Å². The van der Waals surface area contributed by atoms with Gasteiger partial charge in [0.25, 0.3) is 0 Å². The lowest BCUT2D eigenvalue weighted by atomic mass is 9.89. The van der Waals surface area contributed by atoms with Crippen molar-refractivity contribution in [3.05, 3.63) is 64.7 Å². The van der Waals surface area contributed by atoms with E-state index >= 15 is 0 Å². The molecule has 0 fully saturated rings. The van der Waals surface area contributed by atoms with Gasteiger partial charge in [-0.05, 0) is 46.9 Å². The molecule has 0 saturated heterocycles. The second-order valence-electron chi connectivity index (χ2n) is 8.63. The van der Waals surface area contributed by atoms with Crippen molar-refractivity contribution in [3.8, 4) is 0 Å². The van der Waals surface area contributed by atoms with Gasteiger partial charge in [-0.2, -0.15) is 0 Å². The molecule has 3 nitrogen and oxygen atoms in total. The molecule has 0 bridgehead atoms. The van der Waals surface area contributed by atoms with Crippen LogP contribution in [0.15, 0.2) is 47.4 Å². The number of rotatable bonds is 8. The second-order valence-corrected chi connectivity index (χ2v) is 9.74. The average Bonchev–Trinajstić information content (AvgIpc) is 2.65. The van der Waals surface area contributed by atoms with Gasteiger partial charge in [-0.3, -0.25) is 4.18 Å². The molecule has 0 aliphatic heterocycles. The van der Waals surface area contributed by atoms with Gasteiger partial charge in [0.1, 0.15) is 5.60 Å². The Kier molecular flexibility index (Phi) is 7.60. The van der Waals surface area contributed by atoms with Gasteiger partial charge in [-0.1, -0.05) is 84.0 Å². The molecule has 0 spiro atoms. The van der Waals surface area contributed by atoms with Crippen LogP contribution in [0.2, 0.25) is 0 Å². The lowest BCUT2D eigenvalue weighted by molar-refractivity contribution is 0.0121. The van der Waals surface area contributed by atoms with Gasteiger partial charge in [-0.25, -0.2) is 4.21 Å². The summed E-state index contributed by atoms with van der Waals surface area (Å²) < 4.78 is 19.0. The van der Waals surface area contributed by atoms with E-state index in [0.717, 1.165) is 21.6 Å². The molecule has 0 amide bonds. The molecule has 4 heteroatoms. The van der Waals surface area contributed by atoms with E-state index in [1.807, 2.05) is 30.3 Å². The van der Waals surface area contributed by atoms with Crippen LogP contribution in [0.25, 0.3) is 0 Å². The van der Waals surface area contributed by atoms with Crippen molar-refractivity contribution in [3.63, 3.8) is 0 Å². The van der Waals surface area contributed by atoms with Crippen LogP contribution in [0.4, 0.5) is 0 Å². The summed E-state index contributed by atoms with van der Waals surface area (Å²) in [5.74, 6) is 0.860. The molecule has 0 aliphatic carbocycles. The zero-order valence-electron chi connectivity index (χ0n) is 18.2. The fraction of sp³-hybridized carbons (Fsp3) is 0.500. The first-order valence-electron chi connectivity index (χ1n) is 10.0. The molecule has 154 valence electrons. The fourth-order valence-electron chi connectivity index (χ4n) is 3.19. The van der Waals surface area contributed by atoms with E-state index in [1.165, 1.54) is 5.56 Å². The maximum Gasteiger partial charge on any atom is 0.189 e. The molecule has 2 aromatic carbocycles. The van der Waals surface area contributed by atoms with Crippen LogP contribution >= 0.6 is 0 Å². The smallest absolute Gasteiger partial charge is 0.189 e. The molecule has 0 aliphatic rings. The number of aliphatic hydroxyl groups is 1. The van der Waals surface area contributed by atoms with Crippen molar-refractivity contribution in [2.24, 2.45) is 0 Å². The average molecular weight is 403 g/mol. The van der Waals surface area contributed by atoms with E-state index in [2.05, 4.69) is 53.7 Å². The third-order valence-electron chi connectivity index (χ3n) is 5.09. The summed E-state index contributed by atoms with van der Waals surface area (Å²) in [6.45, 7) is 14.5. The number of benzene rings is 2. The van der Waals surface area contributed by atoms with Gasteiger partial charge in [0.2, 0.25) is 0 Å². The Morgan fingerprint density at radius 1 is 0.929 bits per heavy atom. The molecule has 0 saturated carbocycles. The Balaban J connectivity index is 2.38. The van der Waals surface area contributed by atoms with E-state index in [-0.39, 0.29) is 18.4 Å². The monoisotopic (exact) mass is 402 g/mol. The first-order valence-corrected chi connectivity index (χ1v) is 11.1. The normalized spacial score (nSPS) is 15.2. The van der Waals surface area contributed by atoms with Crippen LogP contribution < -0.4 is 0 Å². The van der Waals surface area contributed by atoms with Crippen LogP contribution in [-0.4, -0.2) is 15.9 Å². The first-order chi connectivity index (χ1) is 13.0. The van der Waals surface area contributed by atoms with Crippen LogP contribution in [0.3, 0.4) is 0 Å². The summed E-state index contributed by atoms with van der Waals surface area (Å²) in [7, 11) is 0. The van der Waals surface area contributed by atoms with Crippen LogP contribution in [0.1, 0.15) is 88.5 Å². The van der Waals surface area contributed by atoms with E-state index in [4.69, 9.17) is 4.18 Å². The lowest BCUT2D eigenvalue weighted by Gasteiger charge is -2.25. The van der Waals surface area contributed by atoms with Crippen molar-refractivity contribution >= 4 is 11.1 Å². The van der Waals surface area contributed by atoms with Crippen LogP contribution in [-0.2, 0) is 20.9 Å². The van der Waals surface area contributed by atoms with Gasteiger partial charge in [0, 0.05) is 0 Å². The maximum absolute atomic E-state index is 13.2. The zero-order valence-corrected chi connectivity index (χ0v) is 19.0. The van der Waals surface area contributed by atoms with Gasteiger partial charge in [-0.15, -0.1) is 0 Å². The highest BCUT2D eigenvalue weighted by atomic mass is 32.2. The standard InChI is InChI=1S/C24H34O3S/c1-16(2)19-13-21(17(3)4)23(22(14-19)18(5)6)28(26)27-15-24(7,25)20-11-9-8-10-12-20/h8-14,16-18,25H,15H2,1-7H3. The minimum Gasteiger partial charge on any atom is -0.383 e. The fourth-order valence-corrected chi connectivity index (χ4v) is 4.62. The van der Waals surface area contributed by atoms with E-state index in [0.29, 0.717) is 5.92 Å². The largest absolute Gasteiger partial charge is 0.383 e. The minimum atomic E-state index is -1.65. The van der Waals surface area contributed by atoms with Gasteiger partial charge < -0.3 is 5.11 Å². The van der Waals surface area contributed by atoms with E-state index < -0.39 is 16.7 Å². The molecule has 2 atom stereocenters. The highest BCUT2D eigenvalue weighted by Crippen LogP contribution is 2.35. The number of hydrogen-bond donors (Lipinski definition) is 1. The molecule has 1 N–H and O–H groups in total. The lowest BCUT2D eigenvalue weighted by Crippen LogP contribution is -2.28. The van der Waals surface area contributed by atoms with E-state index in [1.54, 1.807) is 6.92 Å². The van der Waals surface area contributed by atoms with Gasteiger partial charge >= 0.3 is 0 Å². The molecule has 2 rings (SSSR count). The Labute approximate surface area is 172 Å². The Morgan fingerprint density at radius 3 is 1.86 bits per heavy atom. The van der Waals surface area contributed by atoms with Crippen molar-refractivity contribution in [2.45, 2.75) is 76.7 Å². The SMILES string of the molecule is CC(C)c1cc(C(C)C)c(S(=O)OCC(C)(O)c2ccccc2)c(C(C)C)c1. The Bertz CT molecular complexity index is 779. The van der Waals surface area contributed by atoms with Crippen molar-refractivity contribution < 1.29 is 13.5 Å². The highest BCUT2D eigenvalue weighted by molar-refractivity contribution is 7.80. The van der Waals surface area contributed by atoms with E-state index in [9.17, 15) is 9.32 Å². The van der Waals surface area contributed by atoms with Crippen molar-refractivity contribution in [2.75, 3.05) is 6.61 Å². The Hall–Kier alpha value is -1.49. The summed E-state index contributed by atoms with van der Waals surface area (Å²) in [5, 5.41) is 10.8. The number of hydrogen-bond acceptors (Lipinski definition) is 3. The summed E-state index contributed by atoms with van der Waals surface area (Å²) in [6.07, 6.45) is 0. The molecule has 0 radical (unpaired) electrons. The summed E-state index contributed by atoms with van der Waals surface area (Å²) >= 11 is -1.65. The van der Waals surface area contributed by atoms with Gasteiger partial charge in [0.05, 0.1) is 11.5 Å². The second kappa shape index (κ2) is 9.34. The quantitative estimate of drug-likeness (QED) is 0.589. The van der Waals surface area contributed by atoms with Crippen LogP contribution in [0.5, 0.6) is 0 Å². The summed E-state index contributed by atoms with van der Waals surface area (Å²) in [4.78, 5) is 0.762. The molecule has 2 unspecified atom stereocenters. The molecule has 2 aromatic rings. The molecule has 0 heterocycles. The van der Waals surface area contributed by atoms with Crippen molar-refractivity contribution in [1.29, 1.82) is 0 Å². The predicted octanol–water partition coefficient (Wildman–Crippen LogP) is 6.00. The molecule has 28 heavy (non-hydrogen) atoms. The summed E-state index contributed by atoms with van der Waals surface area (Å²) in [5.41, 5.74) is 2.92. The molecular formula is C24H34O3S. The topological polar surface area (TPSA) is 46.5 Å². The van der Waals surface area contributed by atoms with Gasteiger partial charge in [0.15, 0.2) is 11.1 Å². The van der Waals surface area contributed by atoms with Crippen LogP contribution in [0, 0.1) is 0 Å². The predicted molar refractivity (Wildman–Crippen MR) is 117 cm³/mol. The molecular weight excluding hydrogens is 368 g/mol. The maximum atomic E-state index is 13.2. The minimum absolute atomic E-state index is 0.0371. The molecule has 0 aromatic heterocycles. The highest BCUT2D eigenvalue weighted by Gasteiger charge is 2.27. The third kappa shape index (κ3) is 5.31. The first kappa shape index (κ1) is 22.8.